The Labute approximate surface area is 218 Å². The maximum Gasteiger partial charge on any atom is 0.143 e. The van der Waals surface area contributed by atoms with Crippen LogP contribution < -0.4 is 0 Å². The first kappa shape index (κ1) is 23.6. The van der Waals surface area contributed by atoms with Crippen LogP contribution in [0.3, 0.4) is 0 Å². The highest BCUT2D eigenvalue weighted by Gasteiger charge is 2.34. The van der Waals surface area contributed by atoms with Gasteiger partial charge in [0.05, 0.1) is 26.8 Å². The second-order valence-corrected chi connectivity index (χ2v) is 11.6. The van der Waals surface area contributed by atoms with Crippen molar-refractivity contribution in [3.63, 3.8) is 0 Å². The summed E-state index contributed by atoms with van der Waals surface area (Å²) in [5.74, 6) is 0.326. The van der Waals surface area contributed by atoms with Gasteiger partial charge < -0.3 is 15.3 Å². The Hall–Kier alpha value is -0.0600. The van der Waals surface area contributed by atoms with E-state index in [1.807, 2.05) is 43.3 Å². The lowest BCUT2D eigenvalue weighted by Gasteiger charge is -2.33. The maximum absolute atomic E-state index is 10.2. The van der Waals surface area contributed by atoms with Crippen molar-refractivity contribution in [1.82, 2.24) is 0 Å². The van der Waals surface area contributed by atoms with Crippen molar-refractivity contribution < 1.29 is 15.3 Å². The van der Waals surface area contributed by atoms with Crippen molar-refractivity contribution >= 4 is 95.6 Å². The standard InChI is InChI=1S/C20H12Br6O3/c1-20(8-2-11(21)17(27)12(22)3-8,9-4-13(23)18(28)14(24)5-9)10-6-15(25)19(29)16(26)7-10/h2-7,27-29H,1H3. The van der Waals surface area contributed by atoms with E-state index in [4.69, 9.17) is 0 Å². The predicted octanol–water partition coefficient (Wildman–Crippen LogP) is 8.73. The Balaban J connectivity index is 2.42. The largest absolute Gasteiger partial charge is 0.506 e. The van der Waals surface area contributed by atoms with Crippen LogP contribution in [-0.4, -0.2) is 15.3 Å². The van der Waals surface area contributed by atoms with Crippen molar-refractivity contribution in [3.8, 4) is 17.2 Å². The Morgan fingerprint density at radius 2 is 0.655 bits per heavy atom. The predicted molar refractivity (Wildman–Crippen MR) is 136 cm³/mol. The van der Waals surface area contributed by atoms with E-state index in [0.717, 1.165) is 16.7 Å². The fourth-order valence-electron chi connectivity index (χ4n) is 3.06. The molecule has 3 nitrogen and oxygen atoms in total. The van der Waals surface area contributed by atoms with Crippen LogP contribution in [0.2, 0.25) is 0 Å². The van der Waals surface area contributed by atoms with Crippen molar-refractivity contribution in [2.75, 3.05) is 0 Å². The monoisotopic (exact) mass is 774 g/mol. The first-order valence-corrected chi connectivity index (χ1v) is 12.8. The average Bonchev–Trinajstić information content (AvgIpc) is 2.66. The molecule has 3 aromatic rings. The molecule has 0 aliphatic rings. The summed E-state index contributed by atoms with van der Waals surface area (Å²) in [6.07, 6.45) is 0. The molecular weight excluding hydrogens is 768 g/mol. The minimum absolute atomic E-state index is 0.109. The zero-order valence-electron chi connectivity index (χ0n) is 14.6. The second kappa shape index (κ2) is 8.82. The Kier molecular flexibility index (Phi) is 7.18. The molecule has 0 amide bonds. The summed E-state index contributed by atoms with van der Waals surface area (Å²) in [6, 6.07) is 11.1. The van der Waals surface area contributed by atoms with E-state index in [-0.39, 0.29) is 17.2 Å². The summed E-state index contributed by atoms with van der Waals surface area (Å²) in [4.78, 5) is 0. The summed E-state index contributed by atoms with van der Waals surface area (Å²) in [5.41, 5.74) is 1.92. The van der Waals surface area contributed by atoms with Crippen LogP contribution in [-0.2, 0) is 5.41 Å². The van der Waals surface area contributed by atoms with Gasteiger partial charge in [0.2, 0.25) is 0 Å². The summed E-state index contributed by atoms with van der Waals surface area (Å²) >= 11 is 20.5. The summed E-state index contributed by atoms with van der Waals surface area (Å²) in [5, 5.41) is 30.6. The van der Waals surface area contributed by atoms with Crippen molar-refractivity contribution in [2.45, 2.75) is 12.3 Å². The molecule has 0 spiro atoms. The van der Waals surface area contributed by atoms with Crippen LogP contribution in [0.1, 0.15) is 23.6 Å². The number of phenols is 3. The Morgan fingerprint density at radius 1 is 0.483 bits per heavy atom. The molecule has 29 heavy (non-hydrogen) atoms. The van der Waals surface area contributed by atoms with Gasteiger partial charge in [0.25, 0.3) is 0 Å². The fourth-order valence-corrected chi connectivity index (χ4v) is 6.62. The van der Waals surface area contributed by atoms with Crippen LogP contribution in [0, 0.1) is 0 Å². The number of hydrogen-bond acceptors (Lipinski definition) is 3. The first-order valence-electron chi connectivity index (χ1n) is 8.02. The molecule has 0 saturated carbocycles. The number of hydrogen-bond donors (Lipinski definition) is 3. The number of benzene rings is 3. The third kappa shape index (κ3) is 4.32. The average molecular weight is 780 g/mol. The number of aromatic hydroxyl groups is 3. The Morgan fingerprint density at radius 3 is 0.828 bits per heavy atom. The second-order valence-electron chi connectivity index (χ2n) is 6.49. The van der Waals surface area contributed by atoms with Crippen LogP contribution >= 0.6 is 95.6 Å². The molecule has 0 aliphatic heterocycles. The lowest BCUT2D eigenvalue weighted by Crippen LogP contribution is -2.26. The summed E-state index contributed by atoms with van der Waals surface area (Å²) in [7, 11) is 0. The van der Waals surface area contributed by atoms with E-state index in [0.29, 0.717) is 26.8 Å². The molecule has 152 valence electrons. The molecule has 3 N–H and O–H groups in total. The normalized spacial score (nSPS) is 11.7. The third-order valence-electron chi connectivity index (χ3n) is 4.78. The lowest BCUT2D eigenvalue weighted by atomic mass is 9.71. The topological polar surface area (TPSA) is 60.7 Å². The van der Waals surface area contributed by atoms with Gasteiger partial charge in [0, 0.05) is 5.41 Å². The molecule has 0 fully saturated rings. The van der Waals surface area contributed by atoms with Crippen LogP contribution in [0.15, 0.2) is 63.2 Å². The zero-order valence-corrected chi connectivity index (χ0v) is 24.1. The molecule has 0 aliphatic carbocycles. The van der Waals surface area contributed by atoms with Gasteiger partial charge in [-0.05, 0) is 156 Å². The molecule has 0 atom stereocenters. The molecule has 0 saturated heterocycles. The van der Waals surface area contributed by atoms with E-state index in [9.17, 15) is 15.3 Å². The van der Waals surface area contributed by atoms with Crippen LogP contribution in [0.25, 0.3) is 0 Å². The van der Waals surface area contributed by atoms with Crippen LogP contribution in [0.4, 0.5) is 0 Å². The summed E-state index contributed by atoms with van der Waals surface area (Å²) in [6.45, 7) is 2.04. The van der Waals surface area contributed by atoms with Gasteiger partial charge >= 0.3 is 0 Å². The minimum Gasteiger partial charge on any atom is -0.506 e. The highest BCUT2D eigenvalue weighted by molar-refractivity contribution is 9.11. The molecule has 0 unspecified atom stereocenters. The zero-order chi connectivity index (χ0) is 21.7. The molecule has 0 bridgehead atoms. The molecular formula is C20H12Br6O3. The highest BCUT2D eigenvalue weighted by Crippen LogP contribution is 2.48. The van der Waals surface area contributed by atoms with E-state index in [1.54, 1.807) is 0 Å². The van der Waals surface area contributed by atoms with Gasteiger partial charge in [-0.1, -0.05) is 0 Å². The quantitative estimate of drug-likeness (QED) is 0.233. The fraction of sp³-hybridized carbons (Fsp3) is 0.100. The smallest absolute Gasteiger partial charge is 0.143 e. The SMILES string of the molecule is CC(c1cc(Br)c(O)c(Br)c1)(c1cc(Br)c(O)c(Br)c1)c1cc(Br)c(O)c(Br)c1. The van der Waals surface area contributed by atoms with Gasteiger partial charge in [0.15, 0.2) is 0 Å². The first-order chi connectivity index (χ1) is 13.5. The molecule has 0 aromatic heterocycles. The van der Waals surface area contributed by atoms with Crippen molar-refractivity contribution in [2.24, 2.45) is 0 Å². The van der Waals surface area contributed by atoms with E-state index in [2.05, 4.69) is 95.6 Å². The molecule has 9 heteroatoms. The maximum atomic E-state index is 10.2. The van der Waals surface area contributed by atoms with Gasteiger partial charge in [-0.25, -0.2) is 0 Å². The van der Waals surface area contributed by atoms with Crippen molar-refractivity contribution in [1.29, 1.82) is 0 Å². The van der Waals surface area contributed by atoms with Gasteiger partial charge in [-0.2, -0.15) is 0 Å². The number of halogens is 6. The third-order valence-corrected chi connectivity index (χ3v) is 8.41. The molecule has 0 radical (unpaired) electrons. The van der Waals surface area contributed by atoms with Gasteiger partial charge in [-0.3, -0.25) is 0 Å². The summed E-state index contributed by atoms with van der Waals surface area (Å²) < 4.78 is 3.26. The van der Waals surface area contributed by atoms with Gasteiger partial charge in [0.1, 0.15) is 17.2 Å². The molecule has 3 aromatic carbocycles. The lowest BCUT2D eigenvalue weighted by molar-refractivity contribution is 0.467. The highest BCUT2D eigenvalue weighted by atomic mass is 79.9. The van der Waals surface area contributed by atoms with Crippen LogP contribution in [0.5, 0.6) is 17.2 Å². The van der Waals surface area contributed by atoms with E-state index in [1.165, 1.54) is 0 Å². The van der Waals surface area contributed by atoms with E-state index >= 15 is 0 Å². The number of phenolic OH excluding ortho intramolecular Hbond substituents is 3. The van der Waals surface area contributed by atoms with E-state index < -0.39 is 5.41 Å². The molecule has 3 rings (SSSR count). The Bertz CT molecular complexity index is 921. The molecule has 0 heterocycles. The minimum atomic E-state index is -0.712. The van der Waals surface area contributed by atoms with Crippen molar-refractivity contribution in [3.05, 3.63) is 79.9 Å². The number of rotatable bonds is 3. The van der Waals surface area contributed by atoms with Gasteiger partial charge in [-0.15, -0.1) is 0 Å².